The van der Waals surface area contributed by atoms with Gasteiger partial charge >= 0.3 is 0 Å². The van der Waals surface area contributed by atoms with Gasteiger partial charge in [-0.15, -0.1) is 0 Å². The Balaban J connectivity index is 1.59. The predicted molar refractivity (Wildman–Crippen MR) is 150 cm³/mol. The van der Waals surface area contributed by atoms with Crippen molar-refractivity contribution in [3.05, 3.63) is 118 Å². The average Bonchev–Trinajstić information content (AvgIpc) is 3.57. The van der Waals surface area contributed by atoms with Crippen molar-refractivity contribution in [2.75, 3.05) is 13.6 Å². The van der Waals surface area contributed by atoms with Gasteiger partial charge in [-0.05, 0) is 47.1 Å². The molecule has 3 atom stereocenters. The lowest BCUT2D eigenvalue weighted by Crippen LogP contribution is -2.57. The molecule has 5 nitrogen and oxygen atoms in total. The van der Waals surface area contributed by atoms with E-state index in [0.29, 0.717) is 17.7 Å². The molecule has 1 fully saturated rings. The van der Waals surface area contributed by atoms with Crippen LogP contribution in [-0.2, 0) is 5.54 Å². The Morgan fingerprint density at radius 3 is 2.53 bits per heavy atom. The van der Waals surface area contributed by atoms with Crippen molar-refractivity contribution in [1.82, 2.24) is 9.88 Å². The third-order valence-electron chi connectivity index (χ3n) is 8.63. The molecule has 7 rings (SSSR count). The third-order valence-corrected chi connectivity index (χ3v) is 9.16. The normalized spacial score (nSPS) is 24.4. The summed E-state index contributed by atoms with van der Waals surface area (Å²) in [5.74, 6) is -1.07. The van der Waals surface area contributed by atoms with Gasteiger partial charge in [0.1, 0.15) is 5.54 Å². The SMILES string of the molecule is CN1C[C@@H](c2ccc(Br)cc2)[C@](C#N)(C(=O)c2c[nH]c3ccccc23)[C@@]12C(=O)c1cccc3cccc2c13. The third kappa shape index (κ3) is 2.63. The number of likely N-dealkylation sites (tertiary alicyclic amines) is 1. The van der Waals surface area contributed by atoms with Crippen LogP contribution < -0.4 is 0 Å². The summed E-state index contributed by atoms with van der Waals surface area (Å²) in [6.45, 7) is 0.374. The van der Waals surface area contributed by atoms with Crippen LogP contribution in [0, 0.1) is 16.7 Å². The van der Waals surface area contributed by atoms with E-state index in [1.54, 1.807) is 6.20 Å². The van der Waals surface area contributed by atoms with E-state index in [9.17, 15) is 10.1 Å². The van der Waals surface area contributed by atoms with E-state index < -0.39 is 16.9 Å². The van der Waals surface area contributed by atoms with Crippen molar-refractivity contribution in [2.24, 2.45) is 5.41 Å². The van der Waals surface area contributed by atoms with Gasteiger partial charge in [0.25, 0.3) is 0 Å². The van der Waals surface area contributed by atoms with Crippen LogP contribution in [-0.4, -0.2) is 35.0 Å². The fourth-order valence-electron chi connectivity index (χ4n) is 7.07. The van der Waals surface area contributed by atoms with Crippen molar-refractivity contribution in [3.8, 4) is 6.07 Å². The molecule has 1 aromatic heterocycles. The van der Waals surface area contributed by atoms with Crippen LogP contribution in [0.1, 0.15) is 37.8 Å². The van der Waals surface area contributed by atoms with E-state index in [4.69, 9.17) is 0 Å². The number of nitrogens with one attached hydrogen (secondary N) is 1. The highest BCUT2D eigenvalue weighted by molar-refractivity contribution is 9.10. The van der Waals surface area contributed by atoms with Crippen LogP contribution in [0.3, 0.4) is 0 Å². The van der Waals surface area contributed by atoms with E-state index >= 15 is 4.79 Å². The molecular weight excluding hydrogens is 538 g/mol. The number of nitriles is 1. The number of carbonyl (C=O) groups is 2. The Hall–Kier alpha value is -4.05. The first-order valence-corrected chi connectivity index (χ1v) is 13.3. The van der Waals surface area contributed by atoms with Crippen molar-refractivity contribution >= 4 is 49.2 Å². The lowest BCUT2D eigenvalue weighted by molar-refractivity contribution is 0.0452. The first-order valence-electron chi connectivity index (χ1n) is 12.5. The van der Waals surface area contributed by atoms with E-state index in [0.717, 1.165) is 37.3 Å². The number of likely N-dealkylation sites (N-methyl/N-ethyl adjacent to an activating group) is 1. The van der Waals surface area contributed by atoms with Crippen LogP contribution in [0.4, 0.5) is 0 Å². The summed E-state index contributed by atoms with van der Waals surface area (Å²) >= 11 is 3.51. The fraction of sp³-hybridized carbons (Fsp3) is 0.156. The Morgan fingerprint density at radius 2 is 1.76 bits per heavy atom. The lowest BCUT2D eigenvalue weighted by atomic mass is 9.58. The van der Waals surface area contributed by atoms with Crippen LogP contribution in [0.15, 0.2) is 95.6 Å². The van der Waals surface area contributed by atoms with E-state index in [1.807, 2.05) is 96.9 Å². The first-order chi connectivity index (χ1) is 18.4. The van der Waals surface area contributed by atoms with Gasteiger partial charge < -0.3 is 4.98 Å². The molecule has 1 N–H and O–H groups in total. The zero-order valence-corrected chi connectivity index (χ0v) is 22.1. The molecule has 0 amide bonds. The number of carbonyl (C=O) groups excluding carboxylic acids is 2. The molecule has 0 unspecified atom stereocenters. The molecular formula is C32H22BrN3O2. The maximum Gasteiger partial charge on any atom is 0.190 e. The highest BCUT2D eigenvalue weighted by Crippen LogP contribution is 2.64. The van der Waals surface area contributed by atoms with Crippen molar-refractivity contribution in [3.63, 3.8) is 0 Å². The van der Waals surface area contributed by atoms with Crippen molar-refractivity contribution < 1.29 is 9.59 Å². The molecule has 0 saturated carbocycles. The molecule has 5 aromatic rings. The molecule has 1 aliphatic carbocycles. The Bertz CT molecular complexity index is 1850. The lowest BCUT2D eigenvalue weighted by Gasteiger charge is -2.42. The summed E-state index contributed by atoms with van der Waals surface area (Å²) in [7, 11) is 1.87. The maximum atomic E-state index is 15.0. The van der Waals surface area contributed by atoms with Crippen molar-refractivity contribution in [1.29, 1.82) is 5.26 Å². The van der Waals surface area contributed by atoms with Gasteiger partial charge in [0.05, 0.1) is 6.07 Å². The molecule has 38 heavy (non-hydrogen) atoms. The predicted octanol–water partition coefficient (Wildman–Crippen LogP) is 6.60. The molecule has 1 saturated heterocycles. The molecule has 1 spiro atoms. The van der Waals surface area contributed by atoms with Gasteiger partial charge in [0.15, 0.2) is 17.0 Å². The zero-order chi connectivity index (χ0) is 26.2. The van der Waals surface area contributed by atoms with Crippen LogP contribution in [0.25, 0.3) is 21.7 Å². The summed E-state index contributed by atoms with van der Waals surface area (Å²) in [4.78, 5) is 34.9. The summed E-state index contributed by atoms with van der Waals surface area (Å²) in [5, 5.41) is 13.8. The number of H-pyrrole nitrogens is 1. The second-order valence-electron chi connectivity index (χ2n) is 10.2. The number of halogens is 1. The minimum Gasteiger partial charge on any atom is -0.360 e. The number of ketones is 2. The fourth-order valence-corrected chi connectivity index (χ4v) is 7.34. The second-order valence-corrected chi connectivity index (χ2v) is 11.1. The van der Waals surface area contributed by atoms with Crippen molar-refractivity contribution in [2.45, 2.75) is 11.5 Å². The number of aromatic amines is 1. The van der Waals surface area contributed by atoms with Gasteiger partial charge in [0, 0.05) is 45.2 Å². The molecule has 0 radical (unpaired) electrons. The number of hydrogen-bond acceptors (Lipinski definition) is 4. The van der Waals surface area contributed by atoms with Gasteiger partial charge in [-0.25, -0.2) is 0 Å². The molecule has 2 aliphatic rings. The number of para-hydroxylation sites is 1. The quantitative estimate of drug-likeness (QED) is 0.253. The first kappa shape index (κ1) is 23.1. The monoisotopic (exact) mass is 559 g/mol. The van der Waals surface area contributed by atoms with Gasteiger partial charge in [-0.2, -0.15) is 5.26 Å². The minimum absolute atomic E-state index is 0.193. The standard InChI is InChI=1S/C32H22BrN3O2/c1-36-17-26(19-12-14-21(33)15-13-19)31(18-34,29(37)24-16-35-27-11-3-2-8-22(24)27)32(36)25-10-5-7-20-6-4-9-23(28(20)25)30(32)38/h2-16,26,35H,17H2,1H3/t26-,31+,32+/m0/s1. The number of hydrogen-bond donors (Lipinski definition) is 1. The topological polar surface area (TPSA) is 77.0 Å². The van der Waals surface area contributed by atoms with E-state index in [2.05, 4.69) is 27.0 Å². The maximum absolute atomic E-state index is 15.0. The van der Waals surface area contributed by atoms with E-state index in [-0.39, 0.29) is 11.6 Å². The molecule has 6 heteroatoms. The number of rotatable bonds is 3. The Kier molecular flexibility index (Phi) is 4.85. The van der Waals surface area contributed by atoms with E-state index in [1.165, 1.54) is 0 Å². The number of fused-ring (bicyclic) bond motifs is 2. The number of nitrogens with zero attached hydrogens (tertiary/aromatic N) is 2. The summed E-state index contributed by atoms with van der Waals surface area (Å²) in [6.07, 6.45) is 1.68. The number of aromatic nitrogens is 1. The molecule has 1 aliphatic heterocycles. The molecule has 4 aromatic carbocycles. The summed E-state index contributed by atoms with van der Waals surface area (Å²) in [5.41, 5.74) is 0.189. The largest absolute Gasteiger partial charge is 0.360 e. The zero-order valence-electron chi connectivity index (χ0n) is 20.5. The second kappa shape index (κ2) is 7.97. The Labute approximate surface area is 227 Å². The Morgan fingerprint density at radius 1 is 1.03 bits per heavy atom. The molecule has 184 valence electrons. The number of Topliss-reactive ketones (excluding diaryl/α,β-unsaturated/α-hetero) is 2. The molecule has 0 bridgehead atoms. The summed E-state index contributed by atoms with van der Waals surface area (Å²) in [6, 6.07) is 29.3. The van der Waals surface area contributed by atoms with Gasteiger partial charge in [-0.1, -0.05) is 82.7 Å². The smallest absolute Gasteiger partial charge is 0.190 e. The van der Waals surface area contributed by atoms with Gasteiger partial charge in [0.2, 0.25) is 0 Å². The van der Waals surface area contributed by atoms with Crippen LogP contribution >= 0.6 is 15.9 Å². The number of benzene rings is 4. The average molecular weight is 560 g/mol. The summed E-state index contributed by atoms with van der Waals surface area (Å²) < 4.78 is 0.905. The van der Waals surface area contributed by atoms with Crippen LogP contribution in [0.2, 0.25) is 0 Å². The highest BCUT2D eigenvalue weighted by Gasteiger charge is 2.74. The van der Waals surface area contributed by atoms with Crippen LogP contribution in [0.5, 0.6) is 0 Å². The molecule has 2 heterocycles. The van der Waals surface area contributed by atoms with Gasteiger partial charge in [-0.3, -0.25) is 14.5 Å². The minimum atomic E-state index is -1.72. The highest BCUT2D eigenvalue weighted by atomic mass is 79.9.